The number of sulfonamides is 1. The molecule has 0 aliphatic carbocycles. The van der Waals surface area contributed by atoms with Gasteiger partial charge < -0.3 is 9.73 Å². The summed E-state index contributed by atoms with van der Waals surface area (Å²) in [5, 5.41) is 3.27. The largest absolute Gasteiger partial charge is 0.465 e. The second-order valence-electron chi connectivity index (χ2n) is 6.24. The Morgan fingerprint density at radius 3 is 2.19 bits per heavy atom. The summed E-state index contributed by atoms with van der Waals surface area (Å²) in [6.45, 7) is 12.6. The number of rotatable bonds is 7. The van der Waals surface area contributed by atoms with Gasteiger partial charge in [0.05, 0.1) is 0 Å². The number of nitrogens with zero attached hydrogens (tertiary/aromatic N) is 1. The van der Waals surface area contributed by atoms with Gasteiger partial charge in [0.15, 0.2) is 0 Å². The Balaban J connectivity index is 3.22. The van der Waals surface area contributed by atoms with Crippen LogP contribution < -0.4 is 5.32 Å². The van der Waals surface area contributed by atoms with Crippen LogP contribution in [0.15, 0.2) is 9.31 Å². The van der Waals surface area contributed by atoms with Crippen LogP contribution in [-0.4, -0.2) is 32.4 Å². The predicted molar refractivity (Wildman–Crippen MR) is 84.8 cm³/mol. The van der Waals surface area contributed by atoms with Crippen molar-refractivity contribution in [2.75, 3.05) is 13.6 Å². The summed E-state index contributed by atoms with van der Waals surface area (Å²) in [5.74, 6) is 1.40. The fourth-order valence-corrected chi connectivity index (χ4v) is 4.06. The first-order chi connectivity index (χ1) is 9.57. The van der Waals surface area contributed by atoms with Crippen molar-refractivity contribution in [1.82, 2.24) is 9.62 Å². The van der Waals surface area contributed by atoms with E-state index in [9.17, 15) is 8.42 Å². The summed E-state index contributed by atoms with van der Waals surface area (Å²) in [7, 11) is -1.90. The third kappa shape index (κ3) is 4.31. The molecule has 0 aliphatic heterocycles. The van der Waals surface area contributed by atoms with Crippen molar-refractivity contribution in [2.45, 2.75) is 59.0 Å². The molecule has 1 aromatic heterocycles. The number of nitrogens with one attached hydrogen (secondary N) is 1. The van der Waals surface area contributed by atoms with E-state index in [2.05, 4.69) is 5.32 Å². The van der Waals surface area contributed by atoms with Crippen molar-refractivity contribution in [1.29, 1.82) is 0 Å². The van der Waals surface area contributed by atoms with Crippen LogP contribution in [0, 0.1) is 19.8 Å². The molecule has 0 radical (unpaired) electrons. The van der Waals surface area contributed by atoms with E-state index in [4.69, 9.17) is 4.42 Å². The molecule has 1 heterocycles. The number of furan rings is 1. The van der Waals surface area contributed by atoms with Crippen molar-refractivity contribution in [3.8, 4) is 0 Å². The minimum atomic E-state index is -3.52. The van der Waals surface area contributed by atoms with E-state index in [0.717, 1.165) is 5.56 Å². The summed E-state index contributed by atoms with van der Waals surface area (Å²) in [6.07, 6.45) is 0. The molecule has 0 saturated carbocycles. The third-order valence-corrected chi connectivity index (χ3v) is 5.32. The standard InChI is InChI=1S/C15H28N2O3S/c1-10(2)9-17(7)21(18,19)15-13(6)20-12(5)14(15)8-16-11(3)4/h10-11,16H,8-9H2,1-7H3. The zero-order valence-electron chi connectivity index (χ0n) is 14.1. The maximum Gasteiger partial charge on any atom is 0.246 e. The molecule has 1 N–H and O–H groups in total. The summed E-state index contributed by atoms with van der Waals surface area (Å²) >= 11 is 0. The number of hydrogen-bond acceptors (Lipinski definition) is 4. The van der Waals surface area contributed by atoms with E-state index in [-0.39, 0.29) is 12.0 Å². The second-order valence-corrected chi connectivity index (χ2v) is 8.22. The van der Waals surface area contributed by atoms with E-state index < -0.39 is 10.0 Å². The van der Waals surface area contributed by atoms with Gasteiger partial charge >= 0.3 is 0 Å². The van der Waals surface area contributed by atoms with Crippen LogP contribution in [0.1, 0.15) is 44.8 Å². The van der Waals surface area contributed by atoms with E-state index in [0.29, 0.717) is 29.5 Å². The first-order valence-electron chi connectivity index (χ1n) is 7.36. The fraction of sp³-hybridized carbons (Fsp3) is 0.733. The summed E-state index contributed by atoms with van der Waals surface area (Å²) in [5.41, 5.74) is 0.733. The van der Waals surface area contributed by atoms with Gasteiger partial charge in [0.2, 0.25) is 10.0 Å². The van der Waals surface area contributed by atoms with E-state index in [1.54, 1.807) is 14.0 Å². The van der Waals surface area contributed by atoms with E-state index in [1.165, 1.54) is 4.31 Å². The Kier molecular flexibility index (Phi) is 6.01. The Labute approximate surface area is 128 Å². The smallest absolute Gasteiger partial charge is 0.246 e. The molecule has 0 aromatic carbocycles. The van der Waals surface area contributed by atoms with Crippen LogP contribution in [-0.2, 0) is 16.6 Å². The van der Waals surface area contributed by atoms with Gasteiger partial charge in [0.1, 0.15) is 16.4 Å². The van der Waals surface area contributed by atoms with Crippen LogP contribution in [0.25, 0.3) is 0 Å². The summed E-state index contributed by atoms with van der Waals surface area (Å²) < 4.78 is 32.6. The lowest BCUT2D eigenvalue weighted by Gasteiger charge is -2.20. The van der Waals surface area contributed by atoms with E-state index in [1.807, 2.05) is 34.6 Å². The number of aryl methyl sites for hydroxylation is 2. The fourth-order valence-electron chi connectivity index (χ4n) is 2.33. The quantitative estimate of drug-likeness (QED) is 0.840. The molecule has 0 unspecified atom stereocenters. The average Bonchev–Trinajstić information content (AvgIpc) is 2.60. The molecule has 1 rings (SSSR count). The maximum atomic E-state index is 12.8. The number of hydrogen-bond donors (Lipinski definition) is 1. The lowest BCUT2D eigenvalue weighted by molar-refractivity contribution is 0.414. The molecule has 21 heavy (non-hydrogen) atoms. The molecule has 0 amide bonds. The molecule has 0 fully saturated rings. The first kappa shape index (κ1) is 18.2. The van der Waals surface area contributed by atoms with Gasteiger partial charge in [-0.1, -0.05) is 27.7 Å². The van der Waals surface area contributed by atoms with Crippen molar-refractivity contribution < 1.29 is 12.8 Å². The average molecular weight is 316 g/mol. The molecule has 6 heteroatoms. The highest BCUT2D eigenvalue weighted by atomic mass is 32.2. The highest BCUT2D eigenvalue weighted by Crippen LogP contribution is 2.29. The first-order valence-corrected chi connectivity index (χ1v) is 8.80. The van der Waals surface area contributed by atoms with Crippen molar-refractivity contribution >= 4 is 10.0 Å². The Hall–Kier alpha value is -0.850. The molecule has 122 valence electrons. The molecule has 0 atom stereocenters. The van der Waals surface area contributed by atoms with Crippen LogP contribution in [0.4, 0.5) is 0 Å². The Morgan fingerprint density at radius 1 is 1.14 bits per heavy atom. The monoisotopic (exact) mass is 316 g/mol. The van der Waals surface area contributed by atoms with Gasteiger partial charge in [-0.25, -0.2) is 12.7 Å². The predicted octanol–water partition coefficient (Wildman–Crippen LogP) is 2.67. The zero-order chi connectivity index (χ0) is 16.4. The minimum absolute atomic E-state index is 0.273. The van der Waals surface area contributed by atoms with Crippen LogP contribution >= 0.6 is 0 Å². The maximum absolute atomic E-state index is 12.8. The molecule has 0 aliphatic rings. The summed E-state index contributed by atoms with van der Waals surface area (Å²) in [6, 6.07) is 0.281. The van der Waals surface area contributed by atoms with Gasteiger partial charge in [-0.3, -0.25) is 0 Å². The van der Waals surface area contributed by atoms with Crippen molar-refractivity contribution in [2.24, 2.45) is 5.92 Å². The van der Waals surface area contributed by atoms with Crippen molar-refractivity contribution in [3.05, 3.63) is 17.1 Å². The van der Waals surface area contributed by atoms with Gasteiger partial charge in [0.25, 0.3) is 0 Å². The Bertz CT molecular complexity index is 574. The van der Waals surface area contributed by atoms with Gasteiger partial charge in [-0.15, -0.1) is 0 Å². The van der Waals surface area contributed by atoms with Gasteiger partial charge in [-0.05, 0) is 19.8 Å². The van der Waals surface area contributed by atoms with Crippen LogP contribution in [0.3, 0.4) is 0 Å². The lowest BCUT2D eigenvalue weighted by Crippen LogP contribution is -2.32. The van der Waals surface area contributed by atoms with Gasteiger partial charge in [-0.2, -0.15) is 0 Å². The molecule has 0 saturated heterocycles. The molecular weight excluding hydrogens is 288 g/mol. The zero-order valence-corrected chi connectivity index (χ0v) is 15.0. The lowest BCUT2D eigenvalue weighted by atomic mass is 10.2. The molecule has 0 bridgehead atoms. The molecule has 1 aromatic rings. The van der Waals surface area contributed by atoms with Crippen LogP contribution in [0.2, 0.25) is 0 Å². The van der Waals surface area contributed by atoms with Gasteiger partial charge in [0, 0.05) is 31.7 Å². The third-order valence-electron chi connectivity index (χ3n) is 3.30. The molecular formula is C15H28N2O3S. The molecule has 5 nitrogen and oxygen atoms in total. The highest BCUT2D eigenvalue weighted by Gasteiger charge is 2.30. The molecule has 0 spiro atoms. The highest BCUT2D eigenvalue weighted by molar-refractivity contribution is 7.89. The Morgan fingerprint density at radius 2 is 1.71 bits per heavy atom. The summed E-state index contributed by atoms with van der Waals surface area (Å²) in [4.78, 5) is 0.316. The topological polar surface area (TPSA) is 62.6 Å². The van der Waals surface area contributed by atoms with E-state index >= 15 is 0 Å². The minimum Gasteiger partial charge on any atom is -0.465 e. The SMILES string of the molecule is Cc1oc(C)c(S(=O)(=O)N(C)CC(C)C)c1CNC(C)C. The van der Waals surface area contributed by atoms with Crippen LogP contribution in [0.5, 0.6) is 0 Å². The second kappa shape index (κ2) is 6.94. The van der Waals surface area contributed by atoms with Crippen molar-refractivity contribution in [3.63, 3.8) is 0 Å². The normalized spacial score (nSPS) is 12.9.